The van der Waals surface area contributed by atoms with E-state index in [0.717, 1.165) is 25.2 Å². The smallest absolute Gasteiger partial charge is 0.253 e. The van der Waals surface area contributed by atoms with E-state index in [9.17, 15) is 4.79 Å². The van der Waals surface area contributed by atoms with E-state index in [2.05, 4.69) is 10.2 Å². The van der Waals surface area contributed by atoms with Crippen LogP contribution < -0.4 is 10.2 Å². The predicted octanol–water partition coefficient (Wildman–Crippen LogP) is 1.19. The van der Waals surface area contributed by atoms with Crippen molar-refractivity contribution in [1.82, 2.24) is 5.32 Å². The number of ether oxygens (including phenoxy) is 1. The van der Waals surface area contributed by atoms with Crippen LogP contribution in [-0.4, -0.2) is 50.0 Å². The largest absolute Gasteiger partial charge is 0.396 e. The van der Waals surface area contributed by atoms with Gasteiger partial charge in [-0.3, -0.25) is 4.79 Å². The van der Waals surface area contributed by atoms with E-state index >= 15 is 0 Å². The summed E-state index contributed by atoms with van der Waals surface area (Å²) in [5.41, 5.74) is 1.66. The highest BCUT2D eigenvalue weighted by molar-refractivity contribution is 6.00. The molecular formula is C17H22N2O3. The van der Waals surface area contributed by atoms with Gasteiger partial charge in [0.25, 0.3) is 5.91 Å². The van der Waals surface area contributed by atoms with Gasteiger partial charge in [0.1, 0.15) is 0 Å². The van der Waals surface area contributed by atoms with Gasteiger partial charge >= 0.3 is 0 Å². The number of nitrogens with one attached hydrogen (secondary N) is 1. The number of morpholine rings is 1. The van der Waals surface area contributed by atoms with Crippen molar-refractivity contribution in [3.63, 3.8) is 0 Å². The Balaban J connectivity index is 1.71. The van der Waals surface area contributed by atoms with E-state index in [1.54, 1.807) is 0 Å². The van der Waals surface area contributed by atoms with Gasteiger partial charge in [-0.1, -0.05) is 24.3 Å². The molecule has 5 heteroatoms. The van der Waals surface area contributed by atoms with Crippen molar-refractivity contribution in [3.8, 4) is 0 Å². The lowest BCUT2D eigenvalue weighted by Crippen LogP contribution is -2.39. The summed E-state index contributed by atoms with van der Waals surface area (Å²) in [6, 6.07) is 7.70. The second-order valence-corrected chi connectivity index (χ2v) is 5.76. The lowest BCUT2D eigenvalue weighted by atomic mass is 10.1. The molecule has 118 valence electrons. The number of carbonyl (C=O) groups excluding carboxylic acids is 1. The van der Waals surface area contributed by atoms with Crippen molar-refractivity contribution >= 4 is 11.6 Å². The maximum Gasteiger partial charge on any atom is 0.253 e. The third kappa shape index (κ3) is 3.31. The van der Waals surface area contributed by atoms with Crippen molar-refractivity contribution in [2.24, 2.45) is 5.92 Å². The molecule has 1 aromatic carbocycles. The number of hydrogen-bond acceptors (Lipinski definition) is 4. The van der Waals surface area contributed by atoms with Crippen molar-refractivity contribution in [1.29, 1.82) is 0 Å². The Hall–Kier alpha value is -1.85. The Labute approximate surface area is 130 Å². The molecule has 1 aliphatic carbocycles. The number of aliphatic hydroxyl groups excluding tert-OH is 1. The monoisotopic (exact) mass is 302 g/mol. The van der Waals surface area contributed by atoms with Gasteiger partial charge in [-0.05, 0) is 18.6 Å². The first-order chi connectivity index (χ1) is 10.8. The van der Waals surface area contributed by atoms with Crippen molar-refractivity contribution in [2.45, 2.75) is 12.5 Å². The van der Waals surface area contributed by atoms with Crippen LogP contribution in [0.4, 0.5) is 5.69 Å². The van der Waals surface area contributed by atoms with Gasteiger partial charge in [-0.15, -0.1) is 0 Å². The third-order valence-electron chi connectivity index (χ3n) is 4.22. The fourth-order valence-corrected chi connectivity index (χ4v) is 3.01. The summed E-state index contributed by atoms with van der Waals surface area (Å²) < 4.78 is 5.38. The number of para-hydroxylation sites is 1. The summed E-state index contributed by atoms with van der Waals surface area (Å²) in [7, 11) is 0. The molecule has 0 unspecified atom stereocenters. The Morgan fingerprint density at radius 2 is 2.05 bits per heavy atom. The highest BCUT2D eigenvalue weighted by Gasteiger charge is 2.23. The molecule has 0 spiro atoms. The zero-order valence-corrected chi connectivity index (χ0v) is 12.6. The van der Waals surface area contributed by atoms with Gasteiger partial charge in [0, 0.05) is 37.3 Å². The molecule has 1 aromatic rings. The van der Waals surface area contributed by atoms with Crippen LogP contribution in [0.3, 0.4) is 0 Å². The first-order valence-electron chi connectivity index (χ1n) is 7.79. The van der Waals surface area contributed by atoms with Gasteiger partial charge in [0.05, 0.1) is 18.8 Å². The molecule has 0 radical (unpaired) electrons. The van der Waals surface area contributed by atoms with Crippen LogP contribution >= 0.6 is 0 Å². The number of carbonyl (C=O) groups is 1. The van der Waals surface area contributed by atoms with Crippen LogP contribution in [0.2, 0.25) is 0 Å². The number of anilines is 1. The molecule has 22 heavy (non-hydrogen) atoms. The molecule has 1 amide bonds. The standard InChI is InChI=1S/C17H22N2O3/c20-12-13-5-6-14(11-13)18-17(21)15-3-1-2-4-16(15)19-7-9-22-10-8-19/h1-6,13-14,20H,7-12H2,(H,18,21)/t13-,14+/m0/s1. The van der Waals surface area contributed by atoms with Crippen LogP contribution in [0.25, 0.3) is 0 Å². The van der Waals surface area contributed by atoms with Crippen LogP contribution in [0, 0.1) is 5.92 Å². The van der Waals surface area contributed by atoms with Crippen molar-refractivity contribution in [3.05, 3.63) is 42.0 Å². The third-order valence-corrected chi connectivity index (χ3v) is 4.22. The average Bonchev–Trinajstić information content (AvgIpc) is 3.03. The summed E-state index contributed by atoms with van der Waals surface area (Å²) in [4.78, 5) is 14.8. The Kier molecular flexibility index (Phi) is 4.75. The van der Waals surface area contributed by atoms with Crippen molar-refractivity contribution in [2.75, 3.05) is 37.8 Å². The molecule has 5 nitrogen and oxygen atoms in total. The number of nitrogens with zero attached hydrogens (tertiary/aromatic N) is 1. The van der Waals surface area contributed by atoms with Gasteiger partial charge < -0.3 is 20.1 Å². The molecule has 1 heterocycles. The van der Waals surface area contributed by atoms with Gasteiger partial charge in [0.15, 0.2) is 0 Å². The maximum absolute atomic E-state index is 12.6. The zero-order chi connectivity index (χ0) is 15.4. The van der Waals surface area contributed by atoms with Crippen LogP contribution in [0.5, 0.6) is 0 Å². The van der Waals surface area contributed by atoms with Crippen molar-refractivity contribution < 1.29 is 14.6 Å². The number of benzene rings is 1. The Morgan fingerprint density at radius 1 is 1.27 bits per heavy atom. The number of aliphatic hydroxyl groups is 1. The molecule has 0 aromatic heterocycles. The summed E-state index contributed by atoms with van der Waals surface area (Å²) >= 11 is 0. The molecule has 2 N–H and O–H groups in total. The minimum Gasteiger partial charge on any atom is -0.396 e. The van der Waals surface area contributed by atoms with Crippen LogP contribution in [0.1, 0.15) is 16.8 Å². The molecule has 1 aliphatic heterocycles. The summed E-state index contributed by atoms with van der Waals surface area (Å²) in [6.07, 6.45) is 4.71. The molecular weight excluding hydrogens is 280 g/mol. The fraction of sp³-hybridized carbons (Fsp3) is 0.471. The number of hydrogen-bond donors (Lipinski definition) is 2. The first-order valence-corrected chi connectivity index (χ1v) is 7.79. The lowest BCUT2D eigenvalue weighted by molar-refractivity contribution is 0.0939. The van der Waals surface area contributed by atoms with Crippen LogP contribution in [-0.2, 0) is 4.74 Å². The Morgan fingerprint density at radius 3 is 2.77 bits per heavy atom. The molecule has 2 atom stereocenters. The fourth-order valence-electron chi connectivity index (χ4n) is 3.01. The molecule has 0 saturated carbocycles. The summed E-state index contributed by atoms with van der Waals surface area (Å²) in [6.45, 7) is 3.13. The van der Waals surface area contributed by atoms with E-state index in [0.29, 0.717) is 18.8 Å². The summed E-state index contributed by atoms with van der Waals surface area (Å²) in [5, 5.41) is 12.2. The Bertz CT molecular complexity index is 553. The molecule has 1 saturated heterocycles. The zero-order valence-electron chi connectivity index (χ0n) is 12.6. The minimum absolute atomic E-state index is 0.00222. The molecule has 1 fully saturated rings. The predicted molar refractivity (Wildman–Crippen MR) is 85.1 cm³/mol. The number of rotatable bonds is 4. The lowest BCUT2D eigenvalue weighted by Gasteiger charge is -2.30. The maximum atomic E-state index is 12.6. The molecule has 0 bridgehead atoms. The second kappa shape index (κ2) is 6.94. The normalized spacial score (nSPS) is 24.5. The number of amides is 1. The van der Waals surface area contributed by atoms with E-state index in [1.807, 2.05) is 36.4 Å². The minimum atomic E-state index is -0.0599. The molecule has 2 aliphatic rings. The highest BCUT2D eigenvalue weighted by atomic mass is 16.5. The van der Waals surface area contributed by atoms with Gasteiger partial charge in [0.2, 0.25) is 0 Å². The van der Waals surface area contributed by atoms with E-state index < -0.39 is 0 Å². The van der Waals surface area contributed by atoms with E-state index in [-0.39, 0.29) is 24.5 Å². The topological polar surface area (TPSA) is 61.8 Å². The van der Waals surface area contributed by atoms with E-state index in [1.165, 1.54) is 0 Å². The van der Waals surface area contributed by atoms with E-state index in [4.69, 9.17) is 9.84 Å². The van der Waals surface area contributed by atoms with Gasteiger partial charge in [-0.25, -0.2) is 0 Å². The SMILES string of the molecule is O=C(N[C@@H]1C=C[C@H](CO)C1)c1ccccc1N1CCOCC1. The highest BCUT2D eigenvalue weighted by Crippen LogP contribution is 2.23. The first kappa shape index (κ1) is 15.1. The summed E-state index contributed by atoms with van der Waals surface area (Å²) in [5.74, 6) is 0.0927. The second-order valence-electron chi connectivity index (χ2n) is 5.76. The van der Waals surface area contributed by atoms with Gasteiger partial charge in [-0.2, -0.15) is 0 Å². The quantitative estimate of drug-likeness (QED) is 0.820. The average molecular weight is 302 g/mol. The van der Waals surface area contributed by atoms with Crippen LogP contribution in [0.15, 0.2) is 36.4 Å². The molecule has 3 rings (SSSR count).